The van der Waals surface area contributed by atoms with Crippen LogP contribution in [0.2, 0.25) is 0 Å². The molecule has 0 radical (unpaired) electrons. The highest BCUT2D eigenvalue weighted by Crippen LogP contribution is 2.44. The molecule has 0 aliphatic carbocycles. The van der Waals surface area contributed by atoms with E-state index in [9.17, 15) is 39.5 Å². The molecule has 1 unspecified atom stereocenters. The molecule has 2 heterocycles. The van der Waals surface area contributed by atoms with Gasteiger partial charge in [-0.25, -0.2) is 15.0 Å². The van der Waals surface area contributed by atoms with Gasteiger partial charge in [-0.3, -0.25) is 10.3 Å². The van der Waals surface area contributed by atoms with E-state index in [0.717, 1.165) is 13.8 Å². The molecule has 0 amide bonds. The normalized spacial score (nSPS) is 23.2. The summed E-state index contributed by atoms with van der Waals surface area (Å²) >= 11 is 0. The summed E-state index contributed by atoms with van der Waals surface area (Å²) in [5.41, 5.74) is 0.0866. The molecule has 0 bridgehead atoms. The zero-order valence-corrected chi connectivity index (χ0v) is 16.5. The van der Waals surface area contributed by atoms with Crippen molar-refractivity contribution in [3.63, 3.8) is 0 Å². The van der Waals surface area contributed by atoms with Gasteiger partial charge in [-0.15, -0.1) is 0 Å². The highest BCUT2D eigenvalue weighted by atomic mass is 19.4. The van der Waals surface area contributed by atoms with Crippen molar-refractivity contribution in [2.24, 2.45) is 21.6 Å². The van der Waals surface area contributed by atoms with Crippen molar-refractivity contribution in [3.05, 3.63) is 23.8 Å². The Balaban J connectivity index is 2.76. The van der Waals surface area contributed by atoms with Gasteiger partial charge in [-0.05, 0) is 12.8 Å². The highest BCUT2D eigenvalue weighted by molar-refractivity contribution is 6.00. The van der Waals surface area contributed by atoms with Crippen LogP contribution in [0, 0.1) is 5.92 Å². The number of nitrogens with zero attached hydrogens (tertiary/aromatic N) is 4. The quantitative estimate of drug-likeness (QED) is 0.562. The lowest BCUT2D eigenvalue weighted by Gasteiger charge is -2.41. The van der Waals surface area contributed by atoms with Crippen LogP contribution in [0.25, 0.3) is 0 Å². The van der Waals surface area contributed by atoms with Gasteiger partial charge in [-0.2, -0.15) is 39.5 Å². The zero-order valence-electron chi connectivity index (χ0n) is 16.5. The number of aromatic nitrogens is 2. The third kappa shape index (κ3) is 5.32. The molecule has 1 aliphatic rings. The van der Waals surface area contributed by atoms with Gasteiger partial charge in [0, 0.05) is 0 Å². The van der Waals surface area contributed by atoms with Gasteiger partial charge >= 0.3 is 18.5 Å². The fraction of sp³-hybridized carbons (Fsp3) is 0.625. The average Bonchev–Trinajstić information content (AvgIpc) is 2.63. The van der Waals surface area contributed by atoms with Gasteiger partial charge in [0.1, 0.15) is 17.7 Å². The summed E-state index contributed by atoms with van der Waals surface area (Å²) in [6.45, 7) is 2.20. The van der Waals surface area contributed by atoms with E-state index in [1.165, 1.54) is 0 Å². The first-order valence-electron chi connectivity index (χ1n) is 9.06. The van der Waals surface area contributed by atoms with Crippen molar-refractivity contribution >= 4 is 11.9 Å². The summed E-state index contributed by atoms with van der Waals surface area (Å²) in [6, 6.07) is -2.33. The first-order valence-corrected chi connectivity index (χ1v) is 9.06. The minimum atomic E-state index is -5.07. The lowest BCUT2D eigenvalue weighted by Crippen LogP contribution is -2.64. The van der Waals surface area contributed by atoms with Crippen LogP contribution in [0.15, 0.2) is 22.4 Å². The Hall–Kier alpha value is -2.81. The Bertz CT molecular complexity index is 876. The average molecular weight is 479 g/mol. The Morgan fingerprint density at radius 1 is 1.00 bits per heavy atom. The molecule has 16 heteroatoms. The van der Waals surface area contributed by atoms with Gasteiger partial charge in [-0.1, -0.05) is 13.8 Å². The van der Waals surface area contributed by atoms with Crippen molar-refractivity contribution in [1.29, 1.82) is 0 Å². The fourth-order valence-corrected chi connectivity index (χ4v) is 3.11. The van der Waals surface area contributed by atoms with Crippen LogP contribution >= 0.6 is 0 Å². The number of halogens is 9. The molecule has 7 nitrogen and oxygen atoms in total. The summed E-state index contributed by atoms with van der Waals surface area (Å²) in [7, 11) is 0. The number of nitrogens with one attached hydrogen (secondary N) is 2. The number of hydrogen-bond donors (Lipinski definition) is 3. The second-order valence-electron chi connectivity index (χ2n) is 6.75. The van der Waals surface area contributed by atoms with E-state index in [4.69, 9.17) is 5.73 Å². The standard InChI is InChI=1S/C16H18F9N7/c1-3-7(14(17,18)19)13(9-5-27-6-10(28-9)16(23,24)25)31-11(26)30-12(32-13)29-8(4-2)15(20,21)22/h5-8H,3-4H2,1-2H3,(H4,26,29,30,31,32)/t7-,8-,13?/m0/s1. The zero-order chi connectivity index (χ0) is 24.5. The van der Waals surface area contributed by atoms with E-state index in [-0.39, 0.29) is 6.20 Å². The van der Waals surface area contributed by atoms with E-state index < -0.39 is 72.3 Å². The van der Waals surface area contributed by atoms with E-state index in [1.807, 2.05) is 0 Å². The predicted octanol–water partition coefficient (Wildman–Crippen LogP) is 3.44. The van der Waals surface area contributed by atoms with E-state index in [0.29, 0.717) is 6.20 Å². The number of aliphatic imine (C=N–C) groups is 2. The summed E-state index contributed by atoms with van der Waals surface area (Å²) in [5, 5.41) is 4.15. The fourth-order valence-electron chi connectivity index (χ4n) is 3.11. The molecule has 0 saturated carbocycles. The van der Waals surface area contributed by atoms with Crippen molar-refractivity contribution in [3.8, 4) is 0 Å². The summed E-state index contributed by atoms with van der Waals surface area (Å²) in [6.07, 6.45) is -15.4. The monoisotopic (exact) mass is 479 g/mol. The molecule has 0 aromatic carbocycles. The van der Waals surface area contributed by atoms with E-state index >= 15 is 0 Å². The third-order valence-electron chi connectivity index (χ3n) is 4.52. The lowest BCUT2D eigenvalue weighted by molar-refractivity contribution is -0.197. The van der Waals surface area contributed by atoms with Crippen LogP contribution in [0.4, 0.5) is 39.5 Å². The molecule has 1 aliphatic heterocycles. The first-order chi connectivity index (χ1) is 14.5. The molecule has 2 rings (SSSR count). The number of guanidine groups is 2. The minimum Gasteiger partial charge on any atom is -0.370 e. The molecule has 1 aromatic rings. The first kappa shape index (κ1) is 25.5. The van der Waals surface area contributed by atoms with E-state index in [2.05, 4.69) is 30.6 Å². The maximum atomic E-state index is 13.9. The summed E-state index contributed by atoms with van der Waals surface area (Å²) in [4.78, 5) is 13.5. The van der Waals surface area contributed by atoms with Crippen LogP contribution < -0.4 is 16.4 Å². The van der Waals surface area contributed by atoms with E-state index in [1.54, 1.807) is 0 Å². The number of hydrogen-bond acceptors (Lipinski definition) is 5. The van der Waals surface area contributed by atoms with Gasteiger partial charge in [0.25, 0.3) is 0 Å². The number of nitrogens with two attached hydrogens (primary N) is 1. The second-order valence-corrected chi connectivity index (χ2v) is 6.75. The van der Waals surface area contributed by atoms with Crippen LogP contribution in [-0.2, 0) is 11.8 Å². The van der Waals surface area contributed by atoms with Crippen LogP contribution in [0.5, 0.6) is 0 Å². The van der Waals surface area contributed by atoms with Crippen molar-refractivity contribution in [2.75, 3.05) is 0 Å². The number of rotatable bonds is 5. The molecular weight excluding hydrogens is 461 g/mol. The molecular formula is C16H18F9N7. The summed E-state index contributed by atoms with van der Waals surface area (Å²) < 4.78 is 120. The second kappa shape index (κ2) is 8.61. The maximum absolute atomic E-state index is 13.9. The lowest BCUT2D eigenvalue weighted by atomic mass is 9.86. The Morgan fingerprint density at radius 3 is 2.09 bits per heavy atom. The van der Waals surface area contributed by atoms with Crippen molar-refractivity contribution in [1.82, 2.24) is 20.6 Å². The Labute approximate surface area is 175 Å². The van der Waals surface area contributed by atoms with Crippen molar-refractivity contribution < 1.29 is 39.5 Å². The largest absolute Gasteiger partial charge is 0.434 e. The molecule has 1 aromatic heterocycles. The van der Waals surface area contributed by atoms with Crippen LogP contribution in [0.3, 0.4) is 0 Å². The van der Waals surface area contributed by atoms with Gasteiger partial charge in [0.2, 0.25) is 5.96 Å². The summed E-state index contributed by atoms with van der Waals surface area (Å²) in [5.74, 6) is -4.21. The predicted molar refractivity (Wildman–Crippen MR) is 94.0 cm³/mol. The maximum Gasteiger partial charge on any atom is 0.434 e. The SMILES string of the molecule is CC[C@H](N=C1NC(N)=NC(c2cncc(C(F)(F)F)n2)([C@H](CC)C(F)(F)F)N1)C(F)(F)F. The molecule has 0 saturated heterocycles. The van der Waals surface area contributed by atoms with Gasteiger partial charge in [0.05, 0.1) is 12.4 Å². The molecule has 3 atom stereocenters. The van der Waals surface area contributed by atoms with Crippen LogP contribution in [-0.4, -0.2) is 40.3 Å². The molecule has 0 fully saturated rings. The Kier molecular flexibility index (Phi) is 6.85. The highest BCUT2D eigenvalue weighted by Gasteiger charge is 2.57. The van der Waals surface area contributed by atoms with Gasteiger partial charge < -0.3 is 11.1 Å². The van der Waals surface area contributed by atoms with Crippen molar-refractivity contribution in [2.45, 2.75) is 56.9 Å². The smallest absolute Gasteiger partial charge is 0.370 e. The minimum absolute atomic E-state index is 0.283. The molecule has 4 N–H and O–H groups in total. The molecule has 180 valence electrons. The van der Waals surface area contributed by atoms with Crippen LogP contribution in [0.1, 0.15) is 38.1 Å². The molecule has 32 heavy (non-hydrogen) atoms. The topological polar surface area (TPSA) is 101 Å². The van der Waals surface area contributed by atoms with Gasteiger partial charge in [0.15, 0.2) is 17.3 Å². The number of alkyl halides is 9. The third-order valence-corrected chi connectivity index (χ3v) is 4.52. The molecule has 0 spiro atoms. The Morgan fingerprint density at radius 2 is 1.62 bits per heavy atom.